The second-order valence-corrected chi connectivity index (χ2v) is 9.91. The monoisotopic (exact) mass is 582 g/mol. The highest BCUT2D eigenvalue weighted by Crippen LogP contribution is 2.34. The third-order valence-electron chi connectivity index (χ3n) is 7.32. The van der Waals surface area contributed by atoms with Crippen LogP contribution in [-0.2, 0) is 19.1 Å². The van der Waals surface area contributed by atoms with Gasteiger partial charge in [-0.1, -0.05) is 109 Å². The van der Waals surface area contributed by atoms with E-state index in [0.717, 1.165) is 0 Å². The van der Waals surface area contributed by atoms with Gasteiger partial charge in [0.2, 0.25) is 11.6 Å². The Bertz CT molecular complexity index is 1810. The molecule has 0 spiro atoms. The number of ketones is 4. The maximum absolute atomic E-state index is 13.4. The van der Waals surface area contributed by atoms with Crippen LogP contribution in [0.3, 0.4) is 0 Å². The normalized spacial score (nSPS) is 14.3. The molecule has 0 atom stereocenters. The molecule has 0 heterocycles. The molecular weight excluding hydrogens is 560 g/mol. The molecule has 8 nitrogen and oxygen atoms in total. The first-order chi connectivity index (χ1) is 21.4. The van der Waals surface area contributed by atoms with Gasteiger partial charge in [-0.25, -0.2) is 9.59 Å². The molecule has 0 radical (unpaired) electrons. The zero-order valence-corrected chi connectivity index (χ0v) is 23.1. The van der Waals surface area contributed by atoms with Crippen molar-refractivity contribution in [2.45, 2.75) is 0 Å². The largest absolute Gasteiger partial charge is 0.458 e. The van der Waals surface area contributed by atoms with Crippen LogP contribution < -0.4 is 0 Å². The first-order valence-electron chi connectivity index (χ1n) is 13.7. The van der Waals surface area contributed by atoms with Crippen LogP contribution in [0.25, 0.3) is 11.1 Å². The van der Waals surface area contributed by atoms with E-state index in [1.54, 1.807) is 84.9 Å². The van der Waals surface area contributed by atoms with Crippen molar-refractivity contribution in [1.29, 1.82) is 0 Å². The minimum absolute atomic E-state index is 0.0803. The number of carbonyl (C=O) groups is 6. The van der Waals surface area contributed by atoms with E-state index in [9.17, 15) is 28.8 Å². The Morgan fingerprint density at radius 1 is 0.409 bits per heavy atom. The average molecular weight is 583 g/mol. The first-order valence-corrected chi connectivity index (χ1v) is 13.7. The number of ether oxygens (including phenoxy) is 2. The lowest BCUT2D eigenvalue weighted by atomic mass is 9.81. The Kier molecular flexibility index (Phi) is 7.47. The molecule has 0 unspecified atom stereocenters. The molecule has 0 N–H and O–H groups in total. The zero-order chi connectivity index (χ0) is 30.8. The van der Waals surface area contributed by atoms with Crippen molar-refractivity contribution >= 4 is 46.2 Å². The second-order valence-electron chi connectivity index (χ2n) is 9.91. The molecule has 214 valence electrons. The Balaban J connectivity index is 1.24. The minimum Gasteiger partial charge on any atom is -0.458 e. The number of rotatable bonds is 7. The highest BCUT2D eigenvalue weighted by molar-refractivity contribution is 6.47. The summed E-state index contributed by atoms with van der Waals surface area (Å²) in [5.74, 6) is -4.44. The summed E-state index contributed by atoms with van der Waals surface area (Å²) in [6, 6.07) is 29.1. The maximum atomic E-state index is 13.4. The van der Waals surface area contributed by atoms with Crippen molar-refractivity contribution < 1.29 is 38.2 Å². The van der Waals surface area contributed by atoms with Crippen molar-refractivity contribution in [2.75, 3.05) is 13.2 Å². The summed E-state index contributed by atoms with van der Waals surface area (Å²) in [5, 5.41) is 0. The van der Waals surface area contributed by atoms with Gasteiger partial charge in [0, 0.05) is 33.4 Å². The molecule has 8 heteroatoms. The van der Waals surface area contributed by atoms with Crippen molar-refractivity contribution in [2.24, 2.45) is 0 Å². The smallest absolute Gasteiger partial charge is 0.343 e. The van der Waals surface area contributed by atoms with Gasteiger partial charge >= 0.3 is 11.9 Å². The van der Waals surface area contributed by atoms with E-state index in [1.165, 1.54) is 24.3 Å². The summed E-state index contributed by atoms with van der Waals surface area (Å²) in [5.41, 5.74) is 0.246. The molecule has 6 rings (SSSR count). The zero-order valence-electron chi connectivity index (χ0n) is 23.1. The fourth-order valence-electron chi connectivity index (χ4n) is 5.31. The van der Waals surface area contributed by atoms with Crippen molar-refractivity contribution in [1.82, 2.24) is 0 Å². The molecule has 0 amide bonds. The standard InChI is InChI=1S/C36H22O8/c37-31-23-15-7-9-17-25(23)33(39)29(27(31)21-11-3-1-4-12-21)35(41)43-19-20-44-36(42)30-28(22-13-5-2-6-14-22)32(38)24-16-8-10-18-26(24)34(30)40/h1-18H,19-20H2. The van der Waals surface area contributed by atoms with Crippen molar-refractivity contribution in [3.63, 3.8) is 0 Å². The number of hydrogen-bond acceptors (Lipinski definition) is 8. The van der Waals surface area contributed by atoms with Crippen molar-refractivity contribution in [3.8, 4) is 0 Å². The van der Waals surface area contributed by atoms with Gasteiger partial charge in [-0.2, -0.15) is 0 Å². The predicted octanol–water partition coefficient (Wildman–Crippen LogP) is 5.14. The number of fused-ring (bicyclic) bond motifs is 2. The summed E-state index contributed by atoms with van der Waals surface area (Å²) in [4.78, 5) is 80.2. The van der Waals surface area contributed by atoms with Gasteiger partial charge in [-0.3, -0.25) is 19.2 Å². The van der Waals surface area contributed by atoms with E-state index in [4.69, 9.17) is 9.47 Å². The highest BCUT2D eigenvalue weighted by atomic mass is 16.6. The molecule has 0 fully saturated rings. The molecule has 44 heavy (non-hydrogen) atoms. The average Bonchev–Trinajstić information content (AvgIpc) is 3.06. The summed E-state index contributed by atoms with van der Waals surface area (Å²) in [6.45, 7) is -0.960. The summed E-state index contributed by atoms with van der Waals surface area (Å²) >= 11 is 0. The Morgan fingerprint density at radius 2 is 0.705 bits per heavy atom. The van der Waals surface area contributed by atoms with Crippen LogP contribution >= 0.6 is 0 Å². The molecule has 4 aromatic carbocycles. The summed E-state index contributed by atoms with van der Waals surface area (Å²) in [6.07, 6.45) is 0. The Labute approximate surface area is 251 Å². The number of carbonyl (C=O) groups excluding carboxylic acids is 6. The van der Waals surface area contributed by atoms with Gasteiger partial charge in [0.05, 0.1) is 0 Å². The molecule has 2 aliphatic carbocycles. The third kappa shape index (κ3) is 4.88. The molecule has 0 aliphatic heterocycles. The number of Topliss-reactive ketones (excluding diaryl/α,β-unsaturated/α-hetero) is 4. The van der Waals surface area contributed by atoms with Gasteiger partial charge in [0.25, 0.3) is 0 Å². The van der Waals surface area contributed by atoms with Gasteiger partial charge in [-0.15, -0.1) is 0 Å². The van der Waals surface area contributed by atoms with Gasteiger partial charge in [-0.05, 0) is 11.1 Å². The lowest BCUT2D eigenvalue weighted by Crippen LogP contribution is -2.29. The molecule has 0 saturated heterocycles. The highest BCUT2D eigenvalue weighted by Gasteiger charge is 2.39. The number of benzene rings is 4. The van der Waals surface area contributed by atoms with Gasteiger partial charge in [0.1, 0.15) is 24.4 Å². The van der Waals surface area contributed by atoms with Crippen LogP contribution in [0.4, 0.5) is 0 Å². The lowest BCUT2D eigenvalue weighted by molar-refractivity contribution is -0.146. The van der Waals surface area contributed by atoms with E-state index in [0.29, 0.717) is 11.1 Å². The Hall–Kier alpha value is -6.02. The predicted molar refractivity (Wildman–Crippen MR) is 159 cm³/mol. The third-order valence-corrected chi connectivity index (χ3v) is 7.32. The van der Waals surface area contributed by atoms with Crippen molar-refractivity contribution in [3.05, 3.63) is 154 Å². The summed E-state index contributed by atoms with van der Waals surface area (Å²) in [7, 11) is 0. The quantitative estimate of drug-likeness (QED) is 0.167. The topological polar surface area (TPSA) is 121 Å². The van der Waals surface area contributed by atoms with Gasteiger partial charge < -0.3 is 9.47 Å². The van der Waals surface area contributed by atoms with E-state index < -0.39 is 59.4 Å². The SMILES string of the molecule is O=C(OCCOC(=O)C1=C(c2ccccc2)C(=O)c2ccccc2C1=O)C1=C(c2ccccc2)C(=O)c2ccccc2C1=O. The lowest BCUT2D eigenvalue weighted by Gasteiger charge is -2.21. The molecule has 2 aliphatic rings. The van der Waals surface area contributed by atoms with E-state index in [1.807, 2.05) is 0 Å². The van der Waals surface area contributed by atoms with E-state index in [-0.39, 0.29) is 33.4 Å². The fraction of sp³-hybridized carbons (Fsp3) is 0.0556. The van der Waals surface area contributed by atoms with Crippen LogP contribution in [-0.4, -0.2) is 48.3 Å². The van der Waals surface area contributed by atoms with Crippen LogP contribution in [0.15, 0.2) is 120 Å². The number of esters is 2. The van der Waals surface area contributed by atoms with E-state index in [2.05, 4.69) is 0 Å². The first kappa shape index (κ1) is 28.1. The fourth-order valence-corrected chi connectivity index (χ4v) is 5.31. The molecule has 0 aromatic heterocycles. The Morgan fingerprint density at radius 3 is 1.05 bits per heavy atom. The molecule has 0 bridgehead atoms. The molecule has 4 aromatic rings. The number of hydrogen-bond donors (Lipinski definition) is 0. The van der Waals surface area contributed by atoms with Crippen LogP contribution in [0.2, 0.25) is 0 Å². The van der Waals surface area contributed by atoms with Crippen LogP contribution in [0.1, 0.15) is 52.6 Å². The van der Waals surface area contributed by atoms with Gasteiger partial charge in [0.15, 0.2) is 11.6 Å². The maximum Gasteiger partial charge on any atom is 0.343 e. The minimum atomic E-state index is -1.06. The second kappa shape index (κ2) is 11.7. The van der Waals surface area contributed by atoms with Crippen LogP contribution in [0.5, 0.6) is 0 Å². The summed E-state index contributed by atoms with van der Waals surface area (Å²) < 4.78 is 10.6. The van der Waals surface area contributed by atoms with Crippen LogP contribution in [0, 0.1) is 0 Å². The molecule has 0 saturated carbocycles. The molecular formula is C36H22O8. The van der Waals surface area contributed by atoms with E-state index >= 15 is 0 Å². The number of allylic oxidation sites excluding steroid dienone is 2.